The molecule has 1 saturated carbocycles. The Balaban J connectivity index is 0.00000256. The standard InChI is InChI=1S/C10H12O6.Ca/c1-2-6(11)9-7(12)3-5(4-8(9)13)10(14)16-15;/h5,11,15H,2-4H2,1H3;/q;+2. The third-order valence-corrected chi connectivity index (χ3v) is 2.47. The van der Waals surface area contributed by atoms with E-state index >= 15 is 0 Å². The van der Waals surface area contributed by atoms with Crippen molar-refractivity contribution in [1.29, 1.82) is 0 Å². The number of allylic oxidation sites excluding steroid dienone is 2. The van der Waals surface area contributed by atoms with Crippen molar-refractivity contribution in [2.24, 2.45) is 5.92 Å². The van der Waals surface area contributed by atoms with E-state index in [1.807, 2.05) is 0 Å². The third kappa shape index (κ3) is 3.77. The van der Waals surface area contributed by atoms with Gasteiger partial charge in [-0.3, -0.25) is 9.59 Å². The fourth-order valence-electron chi connectivity index (χ4n) is 1.62. The second-order valence-electron chi connectivity index (χ2n) is 3.54. The Morgan fingerprint density at radius 3 is 2.18 bits per heavy atom. The van der Waals surface area contributed by atoms with Gasteiger partial charge in [-0.1, -0.05) is 6.92 Å². The van der Waals surface area contributed by atoms with Crippen LogP contribution in [0, 0.1) is 5.92 Å². The fraction of sp³-hybridized carbons (Fsp3) is 0.500. The Labute approximate surface area is 128 Å². The van der Waals surface area contributed by atoms with Crippen molar-refractivity contribution >= 4 is 55.3 Å². The Hall–Kier alpha value is -0.430. The van der Waals surface area contributed by atoms with Crippen LogP contribution >= 0.6 is 0 Å². The summed E-state index contributed by atoms with van der Waals surface area (Å²) in [5.74, 6) is -3.40. The average Bonchev–Trinajstić information content (AvgIpc) is 2.26. The minimum Gasteiger partial charge on any atom is -0.511 e. The third-order valence-electron chi connectivity index (χ3n) is 2.47. The molecular formula is C10H12CaO6+2. The van der Waals surface area contributed by atoms with Crippen LogP contribution in [0.1, 0.15) is 26.2 Å². The quantitative estimate of drug-likeness (QED) is 0.188. The minimum atomic E-state index is -1.00. The van der Waals surface area contributed by atoms with Crippen LogP contribution in [0.15, 0.2) is 11.3 Å². The largest absolute Gasteiger partial charge is 2.00 e. The maximum Gasteiger partial charge on any atom is 2.00 e. The van der Waals surface area contributed by atoms with E-state index in [2.05, 4.69) is 4.89 Å². The summed E-state index contributed by atoms with van der Waals surface area (Å²) in [6.45, 7) is 1.61. The van der Waals surface area contributed by atoms with E-state index in [4.69, 9.17) is 5.26 Å². The smallest absolute Gasteiger partial charge is 0.511 e. The van der Waals surface area contributed by atoms with Crippen molar-refractivity contribution in [2.45, 2.75) is 26.2 Å². The number of hydrogen-bond donors (Lipinski definition) is 2. The summed E-state index contributed by atoms with van der Waals surface area (Å²) >= 11 is 0. The molecule has 1 aliphatic rings. The molecule has 17 heavy (non-hydrogen) atoms. The molecule has 0 aromatic carbocycles. The van der Waals surface area contributed by atoms with Crippen LogP contribution in [0.4, 0.5) is 0 Å². The van der Waals surface area contributed by atoms with Gasteiger partial charge in [-0.2, -0.15) is 5.26 Å². The maximum atomic E-state index is 11.5. The molecule has 0 heterocycles. The maximum absolute atomic E-state index is 11.5. The summed E-state index contributed by atoms with van der Waals surface area (Å²) in [5, 5.41) is 17.5. The van der Waals surface area contributed by atoms with Crippen LogP contribution in [-0.2, 0) is 19.3 Å². The van der Waals surface area contributed by atoms with Crippen molar-refractivity contribution in [3.05, 3.63) is 11.3 Å². The number of carbonyl (C=O) groups excluding carboxylic acids is 3. The van der Waals surface area contributed by atoms with Crippen LogP contribution in [-0.4, -0.2) is 65.6 Å². The van der Waals surface area contributed by atoms with Crippen LogP contribution < -0.4 is 0 Å². The number of rotatable bonds is 2. The number of carbonyl (C=O) groups is 3. The molecule has 1 rings (SSSR count). The zero-order chi connectivity index (χ0) is 12.3. The number of Topliss-reactive ketones (excluding diaryl/α,β-unsaturated/α-hetero) is 2. The van der Waals surface area contributed by atoms with E-state index in [9.17, 15) is 19.5 Å². The molecular weight excluding hydrogens is 256 g/mol. The monoisotopic (exact) mass is 268 g/mol. The number of aliphatic hydroxyl groups excluding tert-OH is 1. The number of aliphatic hydroxyl groups is 1. The van der Waals surface area contributed by atoms with Crippen molar-refractivity contribution < 1.29 is 29.6 Å². The second kappa shape index (κ2) is 7.10. The molecule has 0 unspecified atom stereocenters. The zero-order valence-corrected chi connectivity index (χ0v) is 11.6. The molecule has 0 radical (unpaired) electrons. The molecule has 88 valence electrons. The molecule has 0 aromatic heterocycles. The normalized spacial score (nSPS) is 19.6. The van der Waals surface area contributed by atoms with Gasteiger partial charge in [0.05, 0.1) is 11.5 Å². The van der Waals surface area contributed by atoms with Gasteiger partial charge < -0.3 is 9.99 Å². The van der Waals surface area contributed by atoms with E-state index in [1.54, 1.807) is 6.92 Å². The van der Waals surface area contributed by atoms with Crippen molar-refractivity contribution in [1.82, 2.24) is 0 Å². The molecule has 2 N–H and O–H groups in total. The summed E-state index contributed by atoms with van der Waals surface area (Å²) in [4.78, 5) is 37.5. The van der Waals surface area contributed by atoms with E-state index in [1.165, 1.54) is 0 Å². The van der Waals surface area contributed by atoms with Gasteiger partial charge in [-0.15, -0.1) is 0 Å². The van der Waals surface area contributed by atoms with E-state index in [-0.39, 0.29) is 68.3 Å². The Morgan fingerprint density at radius 1 is 1.35 bits per heavy atom. The van der Waals surface area contributed by atoms with Crippen LogP contribution in [0.3, 0.4) is 0 Å². The molecule has 0 aromatic rings. The van der Waals surface area contributed by atoms with Gasteiger partial charge in [-0.25, -0.2) is 4.79 Å². The van der Waals surface area contributed by atoms with E-state index in [0.29, 0.717) is 0 Å². The first-order chi connectivity index (χ1) is 7.51. The molecule has 0 bridgehead atoms. The Bertz CT molecular complexity index is 353. The topological polar surface area (TPSA) is 101 Å². The van der Waals surface area contributed by atoms with E-state index < -0.39 is 23.5 Å². The van der Waals surface area contributed by atoms with Gasteiger partial charge in [-0.05, 0) is 0 Å². The Morgan fingerprint density at radius 2 is 1.82 bits per heavy atom. The van der Waals surface area contributed by atoms with Gasteiger partial charge >= 0.3 is 43.7 Å². The van der Waals surface area contributed by atoms with Gasteiger partial charge in [0.2, 0.25) is 0 Å². The van der Waals surface area contributed by atoms with Crippen molar-refractivity contribution in [2.75, 3.05) is 0 Å². The van der Waals surface area contributed by atoms with Crippen LogP contribution in [0.5, 0.6) is 0 Å². The van der Waals surface area contributed by atoms with Gasteiger partial charge in [0.15, 0.2) is 11.6 Å². The number of hydrogen-bond acceptors (Lipinski definition) is 6. The molecule has 0 spiro atoms. The molecule has 0 aliphatic heterocycles. The zero-order valence-electron chi connectivity index (χ0n) is 9.43. The van der Waals surface area contributed by atoms with Gasteiger partial charge in [0.25, 0.3) is 0 Å². The fourth-order valence-corrected chi connectivity index (χ4v) is 1.62. The van der Waals surface area contributed by atoms with Gasteiger partial charge in [0, 0.05) is 19.3 Å². The summed E-state index contributed by atoms with van der Waals surface area (Å²) in [6, 6.07) is 0. The van der Waals surface area contributed by atoms with Crippen molar-refractivity contribution in [3.63, 3.8) is 0 Å². The summed E-state index contributed by atoms with van der Waals surface area (Å²) in [5.41, 5.74) is -0.232. The molecule has 0 amide bonds. The SMILES string of the molecule is CCC(O)=C1C(=O)CC(C(=O)OO)CC1=O.[Ca+2]. The molecule has 6 nitrogen and oxygen atoms in total. The van der Waals surface area contributed by atoms with Crippen molar-refractivity contribution in [3.8, 4) is 0 Å². The first-order valence-corrected chi connectivity index (χ1v) is 4.85. The summed E-state index contributed by atoms with van der Waals surface area (Å²) in [7, 11) is 0. The molecule has 1 fully saturated rings. The van der Waals surface area contributed by atoms with E-state index in [0.717, 1.165) is 0 Å². The van der Waals surface area contributed by atoms with Crippen LogP contribution in [0.25, 0.3) is 0 Å². The molecule has 0 atom stereocenters. The second-order valence-corrected chi connectivity index (χ2v) is 3.54. The first kappa shape index (κ1) is 16.6. The summed E-state index contributed by atoms with van der Waals surface area (Å²) in [6.07, 6.45) is -0.281. The van der Waals surface area contributed by atoms with Crippen LogP contribution in [0.2, 0.25) is 0 Å². The molecule has 7 heteroatoms. The predicted molar refractivity (Wildman–Crippen MR) is 57.2 cm³/mol. The predicted octanol–water partition coefficient (Wildman–Crippen LogP) is 0.392. The Kier molecular flexibility index (Phi) is 6.92. The molecule has 1 aliphatic carbocycles. The first-order valence-electron chi connectivity index (χ1n) is 4.85. The van der Waals surface area contributed by atoms with Gasteiger partial charge in [0.1, 0.15) is 5.76 Å². The minimum absolute atomic E-state index is 0. The molecule has 0 saturated heterocycles. The average molecular weight is 268 g/mol. The number of ketones is 2. The summed E-state index contributed by atoms with van der Waals surface area (Å²) < 4.78 is 0.